The molecule has 0 saturated heterocycles. The van der Waals surface area contributed by atoms with Gasteiger partial charge < -0.3 is 8.98 Å². The third kappa shape index (κ3) is 4.59. The van der Waals surface area contributed by atoms with E-state index in [0.29, 0.717) is 17.5 Å². The lowest BCUT2D eigenvalue weighted by molar-refractivity contribution is 0.673. The fraction of sp³-hybridized carbons (Fsp3) is 0.0714. The van der Waals surface area contributed by atoms with Gasteiger partial charge in [0.05, 0.1) is 16.4 Å². The van der Waals surface area contributed by atoms with E-state index in [1.165, 1.54) is 5.56 Å². The summed E-state index contributed by atoms with van der Waals surface area (Å²) in [6.07, 6.45) is 2.17. The average molecular weight is 607 g/mol. The Bertz CT molecular complexity index is 2560. The lowest BCUT2D eigenvalue weighted by atomic mass is 10.1. The van der Waals surface area contributed by atoms with Crippen LogP contribution in [0.2, 0.25) is 0 Å². The van der Waals surface area contributed by atoms with Gasteiger partial charge in [0.1, 0.15) is 11.2 Å². The molecule has 0 fully saturated rings. The molecular weight excluding hydrogens is 576 g/mol. The van der Waals surface area contributed by atoms with Crippen molar-refractivity contribution in [1.29, 1.82) is 0 Å². The van der Waals surface area contributed by atoms with Crippen molar-refractivity contribution in [2.75, 3.05) is 0 Å². The number of para-hydroxylation sites is 2. The highest BCUT2D eigenvalue weighted by Gasteiger charge is 2.19. The van der Waals surface area contributed by atoms with Crippen molar-refractivity contribution < 1.29 is 4.42 Å². The van der Waals surface area contributed by atoms with E-state index >= 15 is 0 Å². The van der Waals surface area contributed by atoms with E-state index < -0.39 is 0 Å². The summed E-state index contributed by atoms with van der Waals surface area (Å²) < 4.78 is 8.79. The largest absolute Gasteiger partial charge is 0.455 e. The highest BCUT2D eigenvalue weighted by molar-refractivity contribution is 6.23. The average Bonchev–Trinajstić information content (AvgIpc) is 3.68. The van der Waals surface area contributed by atoms with E-state index in [9.17, 15) is 0 Å². The van der Waals surface area contributed by atoms with Crippen molar-refractivity contribution in [3.63, 3.8) is 0 Å². The topological polar surface area (TPSA) is 56.7 Å². The normalized spacial score (nSPS) is 11.7. The molecule has 0 aliphatic carbocycles. The SMILES string of the molecule is CCCc1ccc(-c2nc(-c3ccccc3)nc(-c3ccc(-n4c5ccccc5c5c6oc7ccccc7c6ccc54)cc3)n2)cc1. The molecule has 0 unspecified atom stereocenters. The first-order valence-electron chi connectivity index (χ1n) is 16.1. The molecule has 0 amide bonds. The second kappa shape index (κ2) is 11.1. The van der Waals surface area contributed by atoms with Crippen molar-refractivity contribution in [3.05, 3.63) is 145 Å². The third-order valence-corrected chi connectivity index (χ3v) is 8.98. The Morgan fingerprint density at radius 3 is 1.81 bits per heavy atom. The van der Waals surface area contributed by atoms with Gasteiger partial charge in [-0.15, -0.1) is 0 Å². The highest BCUT2D eigenvalue weighted by Crippen LogP contribution is 2.40. The van der Waals surface area contributed by atoms with Gasteiger partial charge in [-0.25, -0.2) is 15.0 Å². The Kier molecular flexibility index (Phi) is 6.42. The van der Waals surface area contributed by atoms with Gasteiger partial charge >= 0.3 is 0 Å². The van der Waals surface area contributed by atoms with Crippen LogP contribution in [0, 0.1) is 0 Å². The van der Waals surface area contributed by atoms with Gasteiger partial charge in [-0.2, -0.15) is 0 Å². The standard InChI is InChI=1S/C42H30N4O/c1-2-10-27-17-19-29(20-18-27)41-43-40(28-11-4-3-5-12-28)44-42(45-41)30-21-23-31(24-22-30)46-35-15-8-6-14-34(35)38-36(46)26-25-33-32-13-7-9-16-37(32)47-39(33)38/h3-9,11-26H,2,10H2,1H3. The van der Waals surface area contributed by atoms with Crippen LogP contribution in [-0.4, -0.2) is 19.5 Å². The lowest BCUT2D eigenvalue weighted by Gasteiger charge is -2.11. The van der Waals surface area contributed by atoms with Crippen molar-refractivity contribution in [1.82, 2.24) is 19.5 Å². The van der Waals surface area contributed by atoms with Crippen LogP contribution in [-0.2, 0) is 6.42 Å². The number of furan rings is 1. The van der Waals surface area contributed by atoms with E-state index in [1.54, 1.807) is 0 Å². The smallest absolute Gasteiger partial charge is 0.164 e. The number of rotatable bonds is 6. The summed E-state index contributed by atoms with van der Waals surface area (Å²) in [5.41, 5.74) is 9.29. The zero-order valence-electron chi connectivity index (χ0n) is 25.9. The molecule has 0 N–H and O–H groups in total. The van der Waals surface area contributed by atoms with Crippen LogP contribution in [0.3, 0.4) is 0 Å². The molecule has 47 heavy (non-hydrogen) atoms. The summed E-state index contributed by atoms with van der Waals surface area (Å²) in [6.45, 7) is 2.20. The maximum atomic E-state index is 6.48. The second-order valence-electron chi connectivity index (χ2n) is 12.0. The molecule has 6 aromatic carbocycles. The number of fused-ring (bicyclic) bond motifs is 7. The third-order valence-electron chi connectivity index (χ3n) is 8.98. The number of hydrogen-bond donors (Lipinski definition) is 0. The second-order valence-corrected chi connectivity index (χ2v) is 12.0. The minimum absolute atomic E-state index is 0.643. The summed E-state index contributed by atoms with van der Waals surface area (Å²) in [5, 5.41) is 4.55. The molecule has 0 spiro atoms. The summed E-state index contributed by atoms with van der Waals surface area (Å²) in [6, 6.07) is 48.4. The van der Waals surface area contributed by atoms with Crippen LogP contribution in [0.25, 0.3) is 83.6 Å². The maximum absolute atomic E-state index is 6.48. The van der Waals surface area contributed by atoms with Crippen LogP contribution in [0.4, 0.5) is 0 Å². The zero-order chi connectivity index (χ0) is 31.3. The molecule has 3 aromatic heterocycles. The van der Waals surface area contributed by atoms with E-state index in [4.69, 9.17) is 19.4 Å². The van der Waals surface area contributed by atoms with E-state index in [-0.39, 0.29) is 0 Å². The van der Waals surface area contributed by atoms with E-state index in [2.05, 4.69) is 109 Å². The summed E-state index contributed by atoms with van der Waals surface area (Å²) >= 11 is 0. The molecule has 5 nitrogen and oxygen atoms in total. The van der Waals surface area contributed by atoms with Crippen LogP contribution in [0.5, 0.6) is 0 Å². The predicted octanol–water partition coefficient (Wildman–Crippen LogP) is 10.8. The molecule has 0 aliphatic heterocycles. The van der Waals surface area contributed by atoms with Crippen molar-refractivity contribution in [2.24, 2.45) is 0 Å². The quantitative estimate of drug-likeness (QED) is 0.189. The molecule has 9 aromatic rings. The summed E-state index contributed by atoms with van der Waals surface area (Å²) in [7, 11) is 0. The van der Waals surface area contributed by atoms with Crippen LogP contribution in [0.15, 0.2) is 144 Å². The summed E-state index contributed by atoms with van der Waals surface area (Å²) in [5.74, 6) is 1.96. The van der Waals surface area contributed by atoms with Crippen molar-refractivity contribution in [2.45, 2.75) is 19.8 Å². The molecule has 3 heterocycles. The van der Waals surface area contributed by atoms with Crippen molar-refractivity contribution in [3.8, 4) is 39.9 Å². The molecule has 0 radical (unpaired) electrons. The Labute approximate surface area is 271 Å². The lowest BCUT2D eigenvalue weighted by Crippen LogP contribution is -2.00. The number of aryl methyl sites for hydroxylation is 1. The predicted molar refractivity (Wildman–Crippen MR) is 192 cm³/mol. The van der Waals surface area contributed by atoms with Gasteiger partial charge in [0, 0.05) is 38.5 Å². The van der Waals surface area contributed by atoms with Crippen LogP contribution < -0.4 is 0 Å². The van der Waals surface area contributed by atoms with Crippen LogP contribution in [0.1, 0.15) is 18.9 Å². The molecule has 0 aliphatic rings. The molecular formula is C42H30N4O. The molecule has 0 saturated carbocycles. The number of benzene rings is 6. The highest BCUT2D eigenvalue weighted by atomic mass is 16.3. The van der Waals surface area contributed by atoms with Crippen LogP contribution >= 0.6 is 0 Å². The fourth-order valence-electron chi connectivity index (χ4n) is 6.73. The minimum Gasteiger partial charge on any atom is -0.455 e. The molecule has 0 bridgehead atoms. The van der Waals surface area contributed by atoms with E-state index in [1.807, 2.05) is 42.5 Å². The monoisotopic (exact) mass is 606 g/mol. The van der Waals surface area contributed by atoms with Gasteiger partial charge in [-0.3, -0.25) is 0 Å². The summed E-state index contributed by atoms with van der Waals surface area (Å²) in [4.78, 5) is 14.8. The first-order valence-corrected chi connectivity index (χ1v) is 16.1. The van der Waals surface area contributed by atoms with Gasteiger partial charge in [-0.1, -0.05) is 104 Å². The first-order chi connectivity index (χ1) is 23.2. The van der Waals surface area contributed by atoms with Crippen molar-refractivity contribution >= 4 is 43.7 Å². The van der Waals surface area contributed by atoms with Gasteiger partial charge in [0.25, 0.3) is 0 Å². The molecule has 5 heteroatoms. The van der Waals surface area contributed by atoms with E-state index in [0.717, 1.165) is 79.0 Å². The Balaban J connectivity index is 1.18. The Morgan fingerprint density at radius 2 is 1.11 bits per heavy atom. The Hall–Kier alpha value is -6.07. The zero-order valence-corrected chi connectivity index (χ0v) is 25.9. The van der Waals surface area contributed by atoms with Gasteiger partial charge in [0.2, 0.25) is 0 Å². The fourth-order valence-corrected chi connectivity index (χ4v) is 6.73. The maximum Gasteiger partial charge on any atom is 0.164 e. The van der Waals surface area contributed by atoms with Gasteiger partial charge in [-0.05, 0) is 60.5 Å². The number of hydrogen-bond acceptors (Lipinski definition) is 4. The molecule has 224 valence electrons. The first kappa shape index (κ1) is 27.3. The Morgan fingerprint density at radius 1 is 0.511 bits per heavy atom. The molecule has 9 rings (SSSR count). The number of aromatic nitrogens is 4. The molecule has 0 atom stereocenters. The minimum atomic E-state index is 0.643. The van der Waals surface area contributed by atoms with Gasteiger partial charge in [0.15, 0.2) is 17.5 Å². The number of nitrogens with zero attached hydrogens (tertiary/aromatic N) is 4.